The Hall–Kier alpha value is -0.260. The van der Waals surface area contributed by atoms with E-state index in [0.29, 0.717) is 5.41 Å². The Kier molecular flexibility index (Phi) is 2.53. The van der Waals surface area contributed by atoms with E-state index < -0.39 is 0 Å². The van der Waals surface area contributed by atoms with Gasteiger partial charge in [-0.3, -0.25) is 0 Å². The molecule has 0 aromatic rings. The second-order valence-electron chi connectivity index (χ2n) is 4.09. The summed E-state index contributed by atoms with van der Waals surface area (Å²) < 4.78 is 0. The van der Waals surface area contributed by atoms with E-state index in [0.717, 1.165) is 0 Å². The third kappa shape index (κ3) is 2.55. The fourth-order valence-electron chi connectivity index (χ4n) is 1.49. The Morgan fingerprint density at radius 1 is 1.10 bits per heavy atom. The van der Waals surface area contributed by atoms with Crippen LogP contribution in [0.3, 0.4) is 0 Å². The van der Waals surface area contributed by atoms with Crippen molar-refractivity contribution in [1.82, 2.24) is 0 Å². The topological polar surface area (TPSA) is 0 Å². The van der Waals surface area contributed by atoms with Crippen LogP contribution < -0.4 is 0 Å². The van der Waals surface area contributed by atoms with E-state index in [4.69, 9.17) is 0 Å². The SMILES string of the molecule is CC1(C)C/C=C\CCCC1. The second-order valence-corrected chi connectivity index (χ2v) is 4.09. The van der Waals surface area contributed by atoms with E-state index in [9.17, 15) is 0 Å². The summed E-state index contributed by atoms with van der Waals surface area (Å²) in [6.07, 6.45) is 11.5. The molecule has 0 heteroatoms. The average Bonchev–Trinajstić information content (AvgIpc) is 1.81. The first kappa shape index (κ1) is 7.84. The van der Waals surface area contributed by atoms with Gasteiger partial charge in [0, 0.05) is 0 Å². The fourth-order valence-corrected chi connectivity index (χ4v) is 1.49. The lowest BCUT2D eigenvalue weighted by atomic mass is 9.82. The molecule has 0 atom stereocenters. The van der Waals surface area contributed by atoms with Gasteiger partial charge in [-0.15, -0.1) is 0 Å². The fraction of sp³-hybridized carbons (Fsp3) is 0.800. The predicted molar refractivity (Wildman–Crippen MR) is 46.0 cm³/mol. The molecule has 0 aromatic carbocycles. The minimum Gasteiger partial charge on any atom is -0.0885 e. The lowest BCUT2D eigenvalue weighted by Gasteiger charge is -2.23. The molecular formula is C10H18. The van der Waals surface area contributed by atoms with Crippen molar-refractivity contribution in [1.29, 1.82) is 0 Å². The number of hydrogen-bond donors (Lipinski definition) is 0. The van der Waals surface area contributed by atoms with Crippen molar-refractivity contribution in [3.8, 4) is 0 Å². The number of allylic oxidation sites excluding steroid dienone is 2. The summed E-state index contributed by atoms with van der Waals surface area (Å²) in [4.78, 5) is 0. The Labute approximate surface area is 64.3 Å². The molecule has 0 spiro atoms. The molecule has 0 aromatic heterocycles. The maximum Gasteiger partial charge on any atom is -0.0299 e. The van der Waals surface area contributed by atoms with Gasteiger partial charge < -0.3 is 0 Å². The van der Waals surface area contributed by atoms with Crippen LogP contribution in [0.25, 0.3) is 0 Å². The molecule has 58 valence electrons. The van der Waals surface area contributed by atoms with Gasteiger partial charge in [0.2, 0.25) is 0 Å². The first-order valence-electron chi connectivity index (χ1n) is 4.36. The molecule has 1 aliphatic rings. The van der Waals surface area contributed by atoms with Gasteiger partial charge in [-0.25, -0.2) is 0 Å². The molecule has 0 aliphatic heterocycles. The lowest BCUT2D eigenvalue weighted by Crippen LogP contribution is -2.10. The van der Waals surface area contributed by atoms with Crippen molar-refractivity contribution in [3.05, 3.63) is 12.2 Å². The van der Waals surface area contributed by atoms with Gasteiger partial charge in [0.1, 0.15) is 0 Å². The molecule has 0 saturated carbocycles. The van der Waals surface area contributed by atoms with E-state index in [1.807, 2.05) is 0 Å². The summed E-state index contributed by atoms with van der Waals surface area (Å²) in [5, 5.41) is 0. The van der Waals surface area contributed by atoms with Crippen molar-refractivity contribution >= 4 is 0 Å². The maximum absolute atomic E-state index is 2.36. The van der Waals surface area contributed by atoms with Gasteiger partial charge in [-0.2, -0.15) is 0 Å². The summed E-state index contributed by atoms with van der Waals surface area (Å²) in [5.41, 5.74) is 0.566. The summed E-state index contributed by atoms with van der Waals surface area (Å²) in [6, 6.07) is 0. The molecule has 0 heterocycles. The van der Waals surface area contributed by atoms with E-state index in [1.165, 1.54) is 32.1 Å². The highest BCUT2D eigenvalue weighted by Crippen LogP contribution is 2.29. The first-order valence-corrected chi connectivity index (χ1v) is 4.36. The molecule has 0 N–H and O–H groups in total. The van der Waals surface area contributed by atoms with Crippen LogP contribution in [0.4, 0.5) is 0 Å². The molecule has 0 saturated heterocycles. The molecule has 0 unspecified atom stereocenters. The highest BCUT2D eigenvalue weighted by atomic mass is 14.2. The largest absolute Gasteiger partial charge is 0.0885 e. The summed E-state index contributed by atoms with van der Waals surface area (Å²) >= 11 is 0. The maximum atomic E-state index is 2.36. The Balaban J connectivity index is 2.45. The highest BCUT2D eigenvalue weighted by molar-refractivity contribution is 4.89. The van der Waals surface area contributed by atoms with Crippen LogP contribution in [0.15, 0.2) is 12.2 Å². The molecule has 0 fully saturated rings. The van der Waals surface area contributed by atoms with E-state index in [2.05, 4.69) is 26.0 Å². The van der Waals surface area contributed by atoms with Gasteiger partial charge in [0.25, 0.3) is 0 Å². The highest BCUT2D eigenvalue weighted by Gasteiger charge is 2.15. The second kappa shape index (κ2) is 3.23. The first-order chi connectivity index (χ1) is 4.71. The smallest absolute Gasteiger partial charge is 0.0299 e. The third-order valence-electron chi connectivity index (χ3n) is 2.31. The molecule has 0 amide bonds. The zero-order chi connectivity index (χ0) is 7.45. The average molecular weight is 138 g/mol. The molecule has 0 bridgehead atoms. The Bertz CT molecular complexity index is 120. The predicted octanol–water partition coefficient (Wildman–Crippen LogP) is 3.53. The number of hydrogen-bond acceptors (Lipinski definition) is 0. The van der Waals surface area contributed by atoms with E-state index in [1.54, 1.807) is 0 Å². The van der Waals surface area contributed by atoms with Gasteiger partial charge in [-0.05, 0) is 31.1 Å². The summed E-state index contributed by atoms with van der Waals surface area (Å²) in [6.45, 7) is 4.73. The van der Waals surface area contributed by atoms with Gasteiger partial charge in [-0.1, -0.05) is 32.4 Å². The normalized spacial score (nSPS) is 28.6. The van der Waals surface area contributed by atoms with Gasteiger partial charge >= 0.3 is 0 Å². The van der Waals surface area contributed by atoms with E-state index >= 15 is 0 Å². The molecule has 0 nitrogen and oxygen atoms in total. The molecule has 1 aliphatic carbocycles. The Morgan fingerprint density at radius 3 is 2.70 bits per heavy atom. The standard InChI is InChI=1S/C10H18/c1-10(2)8-6-4-3-5-7-9-10/h4,6H,3,5,7-9H2,1-2H3/b6-4-. The lowest BCUT2D eigenvalue weighted by molar-refractivity contribution is 0.321. The summed E-state index contributed by atoms with van der Waals surface area (Å²) in [5.74, 6) is 0. The van der Waals surface area contributed by atoms with Crippen LogP contribution >= 0.6 is 0 Å². The van der Waals surface area contributed by atoms with Gasteiger partial charge in [0.05, 0.1) is 0 Å². The van der Waals surface area contributed by atoms with Crippen molar-refractivity contribution in [2.75, 3.05) is 0 Å². The third-order valence-corrected chi connectivity index (χ3v) is 2.31. The minimum absolute atomic E-state index is 0.566. The van der Waals surface area contributed by atoms with Crippen molar-refractivity contribution in [2.45, 2.75) is 46.0 Å². The molecular weight excluding hydrogens is 120 g/mol. The van der Waals surface area contributed by atoms with Crippen molar-refractivity contribution in [2.24, 2.45) is 5.41 Å². The molecule has 1 rings (SSSR count). The zero-order valence-corrected chi connectivity index (χ0v) is 7.19. The zero-order valence-electron chi connectivity index (χ0n) is 7.19. The van der Waals surface area contributed by atoms with Crippen LogP contribution in [0, 0.1) is 5.41 Å². The summed E-state index contributed by atoms with van der Waals surface area (Å²) in [7, 11) is 0. The van der Waals surface area contributed by atoms with Crippen LogP contribution in [0.1, 0.15) is 46.0 Å². The van der Waals surface area contributed by atoms with Crippen LogP contribution in [-0.4, -0.2) is 0 Å². The monoisotopic (exact) mass is 138 g/mol. The van der Waals surface area contributed by atoms with Gasteiger partial charge in [0.15, 0.2) is 0 Å². The molecule has 10 heavy (non-hydrogen) atoms. The van der Waals surface area contributed by atoms with Crippen molar-refractivity contribution in [3.63, 3.8) is 0 Å². The van der Waals surface area contributed by atoms with Crippen LogP contribution in [-0.2, 0) is 0 Å². The van der Waals surface area contributed by atoms with Crippen LogP contribution in [0.5, 0.6) is 0 Å². The van der Waals surface area contributed by atoms with Crippen LogP contribution in [0.2, 0.25) is 0 Å². The minimum atomic E-state index is 0.566. The number of rotatable bonds is 0. The van der Waals surface area contributed by atoms with E-state index in [-0.39, 0.29) is 0 Å². The Morgan fingerprint density at radius 2 is 1.90 bits per heavy atom. The quantitative estimate of drug-likeness (QED) is 0.449. The van der Waals surface area contributed by atoms with Crippen molar-refractivity contribution < 1.29 is 0 Å². The molecule has 0 radical (unpaired) electrons.